The van der Waals surface area contributed by atoms with E-state index in [0.29, 0.717) is 22.9 Å². The predicted molar refractivity (Wildman–Crippen MR) is 110 cm³/mol. The fraction of sp³-hybridized carbons (Fsp3) is 0.263. The summed E-state index contributed by atoms with van der Waals surface area (Å²) in [5.41, 5.74) is 2.32. The zero-order valence-corrected chi connectivity index (χ0v) is 17.0. The highest BCUT2D eigenvalue weighted by Gasteiger charge is 2.14. The molecule has 7 heteroatoms. The number of aryl methyl sites for hydroxylation is 1. The molecule has 5 nitrogen and oxygen atoms in total. The number of likely N-dealkylation sites (N-methyl/N-ethyl adjacent to an activating group) is 1. The van der Waals surface area contributed by atoms with Crippen molar-refractivity contribution >= 4 is 50.7 Å². The van der Waals surface area contributed by atoms with Gasteiger partial charge in [0.15, 0.2) is 0 Å². The largest absolute Gasteiger partial charge is 0.325 e. The summed E-state index contributed by atoms with van der Waals surface area (Å²) >= 11 is 9.32. The average molecular weight is 439 g/mol. The summed E-state index contributed by atoms with van der Waals surface area (Å²) in [7, 11) is 0. The van der Waals surface area contributed by atoms with Gasteiger partial charge in [0, 0.05) is 20.9 Å². The third-order valence-electron chi connectivity index (χ3n) is 3.78. The van der Waals surface area contributed by atoms with E-state index in [9.17, 15) is 9.59 Å². The number of carbonyl (C=O) groups excluding carboxylic acids is 2. The highest BCUT2D eigenvalue weighted by Crippen LogP contribution is 2.20. The maximum Gasteiger partial charge on any atom is 0.238 e. The molecule has 0 spiro atoms. The third kappa shape index (κ3) is 6.44. The van der Waals surface area contributed by atoms with Crippen molar-refractivity contribution in [3.05, 3.63) is 57.5 Å². The number of rotatable bonds is 7. The predicted octanol–water partition coefficient (Wildman–Crippen LogP) is 4.31. The second-order valence-electron chi connectivity index (χ2n) is 5.87. The Labute approximate surface area is 166 Å². The lowest BCUT2D eigenvalue weighted by Crippen LogP contribution is -2.38. The first-order chi connectivity index (χ1) is 12.4. The zero-order valence-electron chi connectivity index (χ0n) is 14.7. The minimum absolute atomic E-state index is 0.121. The van der Waals surface area contributed by atoms with Crippen LogP contribution in [0.3, 0.4) is 0 Å². The van der Waals surface area contributed by atoms with Crippen LogP contribution >= 0.6 is 27.5 Å². The van der Waals surface area contributed by atoms with E-state index in [0.717, 1.165) is 10.0 Å². The van der Waals surface area contributed by atoms with E-state index >= 15 is 0 Å². The number of hydrogen-bond acceptors (Lipinski definition) is 3. The van der Waals surface area contributed by atoms with E-state index in [1.165, 1.54) is 0 Å². The monoisotopic (exact) mass is 437 g/mol. The summed E-state index contributed by atoms with van der Waals surface area (Å²) < 4.78 is 0.943. The molecule has 2 amide bonds. The second kappa shape index (κ2) is 9.71. The van der Waals surface area contributed by atoms with E-state index < -0.39 is 0 Å². The lowest BCUT2D eigenvalue weighted by molar-refractivity contribution is -0.119. The molecule has 2 rings (SSSR count). The van der Waals surface area contributed by atoms with Gasteiger partial charge < -0.3 is 10.6 Å². The van der Waals surface area contributed by atoms with E-state index in [2.05, 4.69) is 26.6 Å². The molecule has 0 bridgehead atoms. The molecule has 0 aromatic heterocycles. The molecular weight excluding hydrogens is 418 g/mol. The summed E-state index contributed by atoms with van der Waals surface area (Å²) in [6, 6.07) is 12.7. The van der Waals surface area contributed by atoms with Crippen molar-refractivity contribution in [3.8, 4) is 0 Å². The SMILES string of the molecule is CCN(CC(=O)Nc1ccc(Br)cc1)CC(=O)Nc1cc(Cl)ccc1C. The van der Waals surface area contributed by atoms with Gasteiger partial charge in [0.2, 0.25) is 11.8 Å². The zero-order chi connectivity index (χ0) is 19.1. The molecule has 2 aromatic carbocycles. The van der Waals surface area contributed by atoms with Crippen molar-refractivity contribution in [1.29, 1.82) is 0 Å². The van der Waals surface area contributed by atoms with Gasteiger partial charge in [0.25, 0.3) is 0 Å². The quantitative estimate of drug-likeness (QED) is 0.677. The fourth-order valence-corrected chi connectivity index (χ4v) is 2.77. The Balaban J connectivity index is 1.89. The number of carbonyl (C=O) groups is 2. The average Bonchev–Trinajstić information content (AvgIpc) is 2.59. The molecule has 0 fully saturated rings. The summed E-state index contributed by atoms with van der Waals surface area (Å²) in [5, 5.41) is 6.23. The normalized spacial score (nSPS) is 10.7. The van der Waals surface area contributed by atoms with E-state index in [1.54, 1.807) is 17.0 Å². The van der Waals surface area contributed by atoms with Crippen molar-refractivity contribution in [3.63, 3.8) is 0 Å². The van der Waals surface area contributed by atoms with Crippen molar-refractivity contribution in [2.45, 2.75) is 13.8 Å². The number of hydrogen-bond donors (Lipinski definition) is 2. The van der Waals surface area contributed by atoms with Gasteiger partial charge in [-0.1, -0.05) is 40.5 Å². The van der Waals surface area contributed by atoms with Gasteiger partial charge >= 0.3 is 0 Å². The topological polar surface area (TPSA) is 61.4 Å². The first-order valence-corrected chi connectivity index (χ1v) is 9.38. The van der Waals surface area contributed by atoms with Crippen LogP contribution in [0.15, 0.2) is 46.9 Å². The van der Waals surface area contributed by atoms with Gasteiger partial charge in [0.05, 0.1) is 13.1 Å². The Kier molecular flexibility index (Phi) is 7.63. The van der Waals surface area contributed by atoms with Crippen molar-refractivity contribution in [2.24, 2.45) is 0 Å². The Morgan fingerprint density at radius 3 is 2.27 bits per heavy atom. The molecule has 2 aromatic rings. The lowest BCUT2D eigenvalue weighted by Gasteiger charge is -2.19. The van der Waals surface area contributed by atoms with E-state index in [1.807, 2.05) is 44.2 Å². The summed E-state index contributed by atoms with van der Waals surface area (Å²) in [6.07, 6.45) is 0. The molecule has 0 saturated carbocycles. The van der Waals surface area contributed by atoms with Crippen LogP contribution < -0.4 is 10.6 Å². The van der Waals surface area contributed by atoms with Gasteiger partial charge in [-0.25, -0.2) is 0 Å². The Morgan fingerprint density at radius 2 is 1.65 bits per heavy atom. The summed E-state index contributed by atoms with van der Waals surface area (Å²) in [5.74, 6) is -0.352. The van der Waals surface area contributed by atoms with Crippen LogP contribution in [0.4, 0.5) is 11.4 Å². The maximum atomic E-state index is 12.3. The standard InChI is InChI=1S/C19H21BrClN3O2/c1-3-24(11-18(25)22-16-8-5-14(20)6-9-16)12-19(26)23-17-10-15(21)7-4-13(17)2/h4-10H,3,11-12H2,1-2H3,(H,22,25)(H,23,26). The Hall–Kier alpha value is -1.89. The summed E-state index contributed by atoms with van der Waals surface area (Å²) in [6.45, 7) is 4.64. The number of nitrogens with zero attached hydrogens (tertiary/aromatic N) is 1. The summed E-state index contributed by atoms with van der Waals surface area (Å²) in [4.78, 5) is 26.2. The van der Waals surface area contributed by atoms with Crippen molar-refractivity contribution in [2.75, 3.05) is 30.3 Å². The van der Waals surface area contributed by atoms with Crippen molar-refractivity contribution in [1.82, 2.24) is 4.90 Å². The van der Waals surface area contributed by atoms with Crippen LogP contribution in [0.1, 0.15) is 12.5 Å². The molecule has 0 atom stereocenters. The fourth-order valence-electron chi connectivity index (χ4n) is 2.34. The molecule has 0 aliphatic rings. The third-order valence-corrected chi connectivity index (χ3v) is 4.55. The first-order valence-electron chi connectivity index (χ1n) is 8.21. The molecule has 138 valence electrons. The highest BCUT2D eigenvalue weighted by molar-refractivity contribution is 9.10. The number of nitrogens with one attached hydrogen (secondary N) is 2. The Bertz CT molecular complexity index is 781. The highest BCUT2D eigenvalue weighted by atomic mass is 79.9. The van der Waals surface area contributed by atoms with Gasteiger partial charge in [-0.05, 0) is 55.4 Å². The lowest BCUT2D eigenvalue weighted by atomic mass is 10.2. The van der Waals surface area contributed by atoms with Crippen LogP contribution in [0, 0.1) is 6.92 Å². The van der Waals surface area contributed by atoms with E-state index in [4.69, 9.17) is 11.6 Å². The van der Waals surface area contributed by atoms with E-state index in [-0.39, 0.29) is 24.9 Å². The number of anilines is 2. The molecule has 2 N–H and O–H groups in total. The Morgan fingerprint density at radius 1 is 1.04 bits per heavy atom. The minimum atomic E-state index is -0.186. The van der Waals surface area contributed by atoms with Gasteiger partial charge in [-0.2, -0.15) is 0 Å². The molecular formula is C19H21BrClN3O2. The van der Waals surface area contributed by atoms with Crippen LogP contribution in [0.5, 0.6) is 0 Å². The van der Waals surface area contributed by atoms with Crippen molar-refractivity contribution < 1.29 is 9.59 Å². The van der Waals surface area contributed by atoms with Crippen LogP contribution in [-0.2, 0) is 9.59 Å². The van der Waals surface area contributed by atoms with Crippen LogP contribution in [-0.4, -0.2) is 36.3 Å². The molecule has 0 radical (unpaired) electrons. The molecule has 0 unspecified atom stereocenters. The first kappa shape index (κ1) is 20.4. The molecule has 0 aliphatic heterocycles. The van der Waals surface area contributed by atoms with Crippen LogP contribution in [0.25, 0.3) is 0 Å². The molecule has 0 aliphatic carbocycles. The number of halogens is 2. The van der Waals surface area contributed by atoms with Gasteiger partial charge in [-0.3, -0.25) is 14.5 Å². The minimum Gasteiger partial charge on any atom is -0.325 e. The molecule has 26 heavy (non-hydrogen) atoms. The number of benzene rings is 2. The molecule has 0 saturated heterocycles. The maximum absolute atomic E-state index is 12.3. The van der Waals surface area contributed by atoms with Gasteiger partial charge in [0.1, 0.15) is 0 Å². The van der Waals surface area contributed by atoms with Gasteiger partial charge in [-0.15, -0.1) is 0 Å². The second-order valence-corrected chi connectivity index (χ2v) is 7.22. The van der Waals surface area contributed by atoms with Crippen LogP contribution in [0.2, 0.25) is 5.02 Å². The smallest absolute Gasteiger partial charge is 0.238 e. The molecule has 0 heterocycles. The number of amides is 2.